The zero-order valence-corrected chi connectivity index (χ0v) is 9.06. The van der Waals surface area contributed by atoms with Gasteiger partial charge in [-0.15, -0.1) is 0 Å². The molecular formula is C10H24N2. The smallest absolute Gasteiger partial charge is 0.0207 e. The predicted octanol–water partition coefficient (Wildman–Crippen LogP) is 1.72. The van der Waals surface area contributed by atoms with Crippen molar-refractivity contribution in [2.45, 2.75) is 40.2 Å². The largest absolute Gasteiger partial charge is 0.313 e. The highest BCUT2D eigenvalue weighted by Crippen LogP contribution is 2.07. The molecule has 0 bridgehead atoms. The molecule has 1 atom stereocenters. The van der Waals surface area contributed by atoms with Gasteiger partial charge in [-0.3, -0.25) is 0 Å². The zero-order chi connectivity index (χ0) is 9.40. The summed E-state index contributed by atoms with van der Waals surface area (Å²) in [6, 6.07) is 0.768. The van der Waals surface area contributed by atoms with E-state index in [0.29, 0.717) is 0 Å². The van der Waals surface area contributed by atoms with E-state index in [1.807, 2.05) is 13.8 Å². The van der Waals surface area contributed by atoms with E-state index in [0.717, 1.165) is 12.6 Å². The Hall–Kier alpha value is -0.0800. The highest BCUT2D eigenvalue weighted by molar-refractivity contribution is 4.79. The van der Waals surface area contributed by atoms with E-state index < -0.39 is 0 Å². The Bertz CT molecular complexity index is 93.8. The molecule has 1 fully saturated rings. The molecule has 0 amide bonds. The van der Waals surface area contributed by atoms with E-state index in [1.165, 1.54) is 26.1 Å². The summed E-state index contributed by atoms with van der Waals surface area (Å²) >= 11 is 0. The van der Waals surface area contributed by atoms with Crippen LogP contribution in [-0.4, -0.2) is 37.1 Å². The summed E-state index contributed by atoms with van der Waals surface area (Å²) in [6.07, 6.45) is 1.34. The number of likely N-dealkylation sites (tertiary alicyclic amines) is 1. The first-order valence-corrected chi connectivity index (χ1v) is 5.32. The van der Waals surface area contributed by atoms with Crippen LogP contribution in [0, 0.1) is 0 Å². The number of nitrogens with one attached hydrogen (secondary N) is 1. The van der Waals surface area contributed by atoms with Crippen molar-refractivity contribution in [1.29, 1.82) is 0 Å². The van der Waals surface area contributed by atoms with Gasteiger partial charge in [0.25, 0.3) is 0 Å². The third kappa shape index (κ3) is 4.07. The monoisotopic (exact) mass is 172 g/mol. The number of rotatable bonds is 3. The fourth-order valence-corrected chi connectivity index (χ4v) is 1.58. The summed E-state index contributed by atoms with van der Waals surface area (Å²) in [7, 11) is 0. The summed E-state index contributed by atoms with van der Waals surface area (Å²) in [6.45, 7) is 13.3. The van der Waals surface area contributed by atoms with Crippen LogP contribution in [0.15, 0.2) is 0 Å². The average molecular weight is 172 g/mol. The van der Waals surface area contributed by atoms with Crippen molar-refractivity contribution in [3.63, 3.8) is 0 Å². The molecule has 74 valence electrons. The maximum Gasteiger partial charge on any atom is 0.0207 e. The van der Waals surface area contributed by atoms with Crippen molar-refractivity contribution in [3.8, 4) is 0 Å². The lowest BCUT2D eigenvalue weighted by Crippen LogP contribution is -2.32. The van der Waals surface area contributed by atoms with Gasteiger partial charge in [0, 0.05) is 12.6 Å². The Labute approximate surface area is 77.3 Å². The van der Waals surface area contributed by atoms with Crippen LogP contribution in [0.5, 0.6) is 0 Å². The van der Waals surface area contributed by atoms with Crippen molar-refractivity contribution in [2.75, 3.05) is 26.2 Å². The molecule has 0 radical (unpaired) electrons. The summed E-state index contributed by atoms with van der Waals surface area (Å²) in [5, 5.41) is 3.47. The highest BCUT2D eigenvalue weighted by atomic mass is 15.2. The van der Waals surface area contributed by atoms with Crippen LogP contribution in [0.25, 0.3) is 0 Å². The van der Waals surface area contributed by atoms with Crippen LogP contribution in [0.1, 0.15) is 34.1 Å². The Morgan fingerprint density at radius 1 is 1.33 bits per heavy atom. The van der Waals surface area contributed by atoms with Crippen LogP contribution in [-0.2, 0) is 0 Å². The van der Waals surface area contributed by atoms with Crippen molar-refractivity contribution in [3.05, 3.63) is 0 Å². The lowest BCUT2D eigenvalue weighted by molar-refractivity contribution is 0.346. The van der Waals surface area contributed by atoms with Crippen LogP contribution >= 0.6 is 0 Å². The fourth-order valence-electron chi connectivity index (χ4n) is 1.58. The molecule has 0 aliphatic carbocycles. The molecule has 0 aromatic heterocycles. The maximum atomic E-state index is 3.47. The van der Waals surface area contributed by atoms with Crippen LogP contribution < -0.4 is 5.32 Å². The third-order valence-corrected chi connectivity index (χ3v) is 2.21. The molecule has 2 heteroatoms. The number of likely N-dealkylation sites (N-methyl/N-ethyl adjacent to an activating group) is 2. The van der Waals surface area contributed by atoms with Crippen molar-refractivity contribution in [1.82, 2.24) is 10.2 Å². The molecule has 1 rings (SSSR count). The second-order valence-corrected chi connectivity index (χ2v) is 2.94. The standard InChI is InChI=1S/C8H18N2.C2H6/c1-3-9-8-5-6-10(4-2)7-8;1-2/h8-9H,3-7H2,1-2H3;1-2H3. The Balaban J connectivity index is 0.000000561. The first-order chi connectivity index (χ1) is 5.86. The third-order valence-electron chi connectivity index (χ3n) is 2.21. The van der Waals surface area contributed by atoms with E-state index in [9.17, 15) is 0 Å². The maximum absolute atomic E-state index is 3.47. The van der Waals surface area contributed by atoms with E-state index in [1.54, 1.807) is 0 Å². The highest BCUT2D eigenvalue weighted by Gasteiger charge is 2.19. The lowest BCUT2D eigenvalue weighted by Gasteiger charge is -2.12. The quantitative estimate of drug-likeness (QED) is 0.697. The minimum Gasteiger partial charge on any atom is -0.313 e. The molecule has 1 aliphatic heterocycles. The minimum absolute atomic E-state index is 0.768. The Kier molecular flexibility index (Phi) is 7.51. The normalized spacial score (nSPS) is 23.5. The molecule has 0 aromatic rings. The first-order valence-electron chi connectivity index (χ1n) is 5.32. The van der Waals surface area contributed by atoms with Gasteiger partial charge in [0.1, 0.15) is 0 Å². The molecule has 1 unspecified atom stereocenters. The van der Waals surface area contributed by atoms with E-state index in [2.05, 4.69) is 24.1 Å². The second kappa shape index (κ2) is 7.56. The molecule has 1 saturated heterocycles. The molecule has 1 aliphatic rings. The molecule has 0 spiro atoms. The zero-order valence-electron chi connectivity index (χ0n) is 9.06. The average Bonchev–Trinajstić information content (AvgIpc) is 2.57. The summed E-state index contributed by atoms with van der Waals surface area (Å²) in [4.78, 5) is 2.49. The number of hydrogen-bond acceptors (Lipinski definition) is 2. The molecule has 0 aromatic carbocycles. The van der Waals surface area contributed by atoms with E-state index >= 15 is 0 Å². The summed E-state index contributed by atoms with van der Waals surface area (Å²) < 4.78 is 0. The lowest BCUT2D eigenvalue weighted by atomic mass is 10.3. The molecule has 1 N–H and O–H groups in total. The molecule has 1 heterocycles. The SMILES string of the molecule is CC.CCNC1CCN(CC)C1. The summed E-state index contributed by atoms with van der Waals surface area (Å²) in [5.41, 5.74) is 0. The van der Waals surface area contributed by atoms with Crippen LogP contribution in [0.4, 0.5) is 0 Å². The van der Waals surface area contributed by atoms with Crippen LogP contribution in [0.2, 0.25) is 0 Å². The van der Waals surface area contributed by atoms with Gasteiger partial charge in [0.2, 0.25) is 0 Å². The predicted molar refractivity (Wildman–Crippen MR) is 55.5 cm³/mol. The molecule has 12 heavy (non-hydrogen) atoms. The molecule has 0 saturated carbocycles. The van der Waals surface area contributed by atoms with Gasteiger partial charge >= 0.3 is 0 Å². The van der Waals surface area contributed by atoms with Crippen LogP contribution in [0.3, 0.4) is 0 Å². The fraction of sp³-hybridized carbons (Fsp3) is 1.00. The van der Waals surface area contributed by atoms with Gasteiger partial charge < -0.3 is 10.2 Å². The minimum atomic E-state index is 0.768. The Morgan fingerprint density at radius 2 is 2.00 bits per heavy atom. The van der Waals surface area contributed by atoms with Crippen molar-refractivity contribution in [2.24, 2.45) is 0 Å². The number of nitrogens with zero attached hydrogens (tertiary/aromatic N) is 1. The molecular weight excluding hydrogens is 148 g/mol. The van der Waals surface area contributed by atoms with Crippen molar-refractivity contribution < 1.29 is 0 Å². The topological polar surface area (TPSA) is 15.3 Å². The van der Waals surface area contributed by atoms with Gasteiger partial charge in [0.05, 0.1) is 0 Å². The van der Waals surface area contributed by atoms with E-state index in [-0.39, 0.29) is 0 Å². The van der Waals surface area contributed by atoms with Crippen molar-refractivity contribution >= 4 is 0 Å². The molecule has 2 nitrogen and oxygen atoms in total. The second-order valence-electron chi connectivity index (χ2n) is 2.94. The van der Waals surface area contributed by atoms with E-state index in [4.69, 9.17) is 0 Å². The van der Waals surface area contributed by atoms with Gasteiger partial charge in [-0.2, -0.15) is 0 Å². The van der Waals surface area contributed by atoms with Gasteiger partial charge in [-0.25, -0.2) is 0 Å². The first kappa shape index (κ1) is 11.9. The van der Waals surface area contributed by atoms with Gasteiger partial charge in [-0.1, -0.05) is 27.7 Å². The number of hydrogen-bond donors (Lipinski definition) is 1. The van der Waals surface area contributed by atoms with Gasteiger partial charge in [0.15, 0.2) is 0 Å². The summed E-state index contributed by atoms with van der Waals surface area (Å²) in [5.74, 6) is 0. The Morgan fingerprint density at radius 3 is 2.42 bits per heavy atom. The van der Waals surface area contributed by atoms with Gasteiger partial charge in [-0.05, 0) is 26.1 Å².